The summed E-state index contributed by atoms with van der Waals surface area (Å²) in [5, 5.41) is 0. The van der Waals surface area contributed by atoms with Crippen LogP contribution in [0.3, 0.4) is 0 Å². The van der Waals surface area contributed by atoms with Gasteiger partial charge in [0.2, 0.25) is 10.0 Å². The maximum Gasteiger partial charge on any atom is 0.243 e. The van der Waals surface area contributed by atoms with Crippen LogP contribution in [0.25, 0.3) is 0 Å². The summed E-state index contributed by atoms with van der Waals surface area (Å²) in [6, 6.07) is 8.79. The van der Waals surface area contributed by atoms with Crippen molar-refractivity contribution >= 4 is 10.0 Å². The van der Waals surface area contributed by atoms with Gasteiger partial charge < -0.3 is 4.74 Å². The number of hydrogen-bond donors (Lipinski definition) is 0. The molecule has 0 N–H and O–H groups in total. The molecule has 1 saturated heterocycles. The zero-order valence-electron chi connectivity index (χ0n) is 12.4. The molecule has 3 rings (SSSR count). The van der Waals surface area contributed by atoms with Crippen molar-refractivity contribution in [2.24, 2.45) is 0 Å². The summed E-state index contributed by atoms with van der Waals surface area (Å²) in [5.41, 5.74) is 0.992. The van der Waals surface area contributed by atoms with Gasteiger partial charge in [0.05, 0.1) is 17.6 Å². The van der Waals surface area contributed by atoms with Crippen molar-refractivity contribution in [3.05, 3.63) is 60.2 Å². The monoisotopic (exact) mass is 336 g/mol. The van der Waals surface area contributed by atoms with E-state index in [4.69, 9.17) is 4.74 Å². The Morgan fingerprint density at radius 3 is 2.78 bits per heavy atom. The third-order valence-corrected chi connectivity index (χ3v) is 5.64. The Kier molecular flexibility index (Phi) is 4.70. The van der Waals surface area contributed by atoms with Crippen LogP contribution < -0.4 is 0 Å². The second-order valence-corrected chi connectivity index (χ2v) is 7.34. The van der Waals surface area contributed by atoms with Crippen molar-refractivity contribution in [1.29, 1.82) is 0 Å². The lowest BCUT2D eigenvalue weighted by Crippen LogP contribution is -2.30. The minimum Gasteiger partial charge on any atom is -0.372 e. The minimum absolute atomic E-state index is 0.0210. The number of pyridine rings is 1. The van der Waals surface area contributed by atoms with Gasteiger partial charge in [0.25, 0.3) is 0 Å². The molecule has 0 aliphatic carbocycles. The fourth-order valence-electron chi connectivity index (χ4n) is 2.52. The highest BCUT2D eigenvalue weighted by molar-refractivity contribution is 7.89. The van der Waals surface area contributed by atoms with E-state index in [1.54, 1.807) is 12.4 Å². The molecule has 2 heterocycles. The van der Waals surface area contributed by atoms with Crippen LogP contribution in [0, 0.1) is 5.82 Å². The largest absolute Gasteiger partial charge is 0.372 e. The van der Waals surface area contributed by atoms with E-state index < -0.39 is 15.8 Å². The summed E-state index contributed by atoms with van der Waals surface area (Å²) in [4.78, 5) is 3.92. The highest BCUT2D eigenvalue weighted by Gasteiger charge is 2.33. The lowest BCUT2D eigenvalue weighted by molar-refractivity contribution is 0.0508. The second kappa shape index (κ2) is 6.74. The quantitative estimate of drug-likeness (QED) is 0.840. The Balaban J connectivity index is 1.63. The Morgan fingerprint density at radius 2 is 2.04 bits per heavy atom. The number of sulfonamides is 1. The van der Waals surface area contributed by atoms with Gasteiger partial charge >= 0.3 is 0 Å². The van der Waals surface area contributed by atoms with E-state index in [0.717, 1.165) is 11.6 Å². The normalized spacial score (nSPS) is 19.1. The first kappa shape index (κ1) is 16.0. The maximum absolute atomic E-state index is 13.3. The van der Waals surface area contributed by atoms with Crippen molar-refractivity contribution in [2.75, 3.05) is 13.1 Å². The zero-order chi connectivity index (χ0) is 16.3. The van der Waals surface area contributed by atoms with E-state index in [0.29, 0.717) is 19.6 Å². The van der Waals surface area contributed by atoms with Gasteiger partial charge in [-0.05, 0) is 42.3 Å². The van der Waals surface area contributed by atoms with Gasteiger partial charge in [0.1, 0.15) is 5.82 Å². The predicted molar refractivity (Wildman–Crippen MR) is 82.6 cm³/mol. The van der Waals surface area contributed by atoms with Crippen molar-refractivity contribution in [3.8, 4) is 0 Å². The molecular weight excluding hydrogens is 319 g/mol. The number of halogens is 1. The number of benzene rings is 1. The van der Waals surface area contributed by atoms with Gasteiger partial charge in [0, 0.05) is 25.5 Å². The average Bonchev–Trinajstić information content (AvgIpc) is 3.04. The second-order valence-electron chi connectivity index (χ2n) is 5.40. The molecule has 122 valence electrons. The van der Waals surface area contributed by atoms with Crippen LogP contribution in [-0.4, -0.2) is 36.9 Å². The van der Waals surface area contributed by atoms with E-state index in [1.807, 2.05) is 12.1 Å². The molecule has 1 atom stereocenters. The Bertz CT molecular complexity index is 768. The van der Waals surface area contributed by atoms with Crippen molar-refractivity contribution in [1.82, 2.24) is 9.29 Å². The van der Waals surface area contributed by atoms with E-state index in [2.05, 4.69) is 4.98 Å². The fourth-order valence-corrected chi connectivity index (χ4v) is 4.04. The SMILES string of the molecule is O=S(=O)(c1cccc(F)c1)N1CC[C@@H](OCc2ccncc2)C1. The molecule has 0 unspecified atom stereocenters. The van der Waals surface area contributed by atoms with E-state index in [-0.39, 0.29) is 17.5 Å². The number of nitrogens with zero attached hydrogens (tertiary/aromatic N) is 2. The maximum atomic E-state index is 13.3. The number of hydrogen-bond acceptors (Lipinski definition) is 4. The third-order valence-electron chi connectivity index (χ3n) is 3.78. The molecule has 2 aromatic rings. The summed E-state index contributed by atoms with van der Waals surface area (Å²) in [6.07, 6.45) is 3.84. The molecule has 0 amide bonds. The summed E-state index contributed by atoms with van der Waals surface area (Å²) in [7, 11) is -3.67. The van der Waals surface area contributed by atoms with Gasteiger partial charge in [-0.2, -0.15) is 4.31 Å². The molecule has 1 aromatic heterocycles. The van der Waals surface area contributed by atoms with E-state index >= 15 is 0 Å². The smallest absolute Gasteiger partial charge is 0.243 e. The summed E-state index contributed by atoms with van der Waals surface area (Å²) < 4.78 is 45.4. The summed E-state index contributed by atoms with van der Waals surface area (Å²) >= 11 is 0. The van der Waals surface area contributed by atoms with Crippen LogP contribution in [-0.2, 0) is 21.4 Å². The standard InChI is InChI=1S/C16H17FN2O3S/c17-14-2-1-3-16(10-14)23(20,21)19-9-6-15(11-19)22-12-13-4-7-18-8-5-13/h1-5,7-8,10,15H,6,9,11-12H2/t15-/m1/s1. The first-order chi connectivity index (χ1) is 11.1. The zero-order valence-corrected chi connectivity index (χ0v) is 13.2. The van der Waals surface area contributed by atoms with Crippen LogP contribution in [0.4, 0.5) is 4.39 Å². The first-order valence-electron chi connectivity index (χ1n) is 7.32. The number of aromatic nitrogens is 1. The lowest BCUT2D eigenvalue weighted by Gasteiger charge is -2.17. The molecule has 1 aliphatic heterocycles. The van der Waals surface area contributed by atoms with Crippen molar-refractivity contribution < 1.29 is 17.5 Å². The molecule has 0 radical (unpaired) electrons. The Hall–Kier alpha value is -1.83. The highest BCUT2D eigenvalue weighted by atomic mass is 32.2. The molecule has 23 heavy (non-hydrogen) atoms. The third kappa shape index (κ3) is 3.74. The Morgan fingerprint density at radius 1 is 1.26 bits per heavy atom. The first-order valence-corrected chi connectivity index (χ1v) is 8.76. The van der Waals surface area contributed by atoms with Crippen molar-refractivity contribution in [3.63, 3.8) is 0 Å². The molecule has 1 fully saturated rings. The van der Waals surface area contributed by atoms with Gasteiger partial charge in [-0.25, -0.2) is 12.8 Å². The van der Waals surface area contributed by atoms with Gasteiger partial charge in [0.15, 0.2) is 0 Å². The van der Waals surface area contributed by atoms with E-state index in [9.17, 15) is 12.8 Å². The van der Waals surface area contributed by atoms with Crippen molar-refractivity contribution in [2.45, 2.75) is 24.0 Å². The fraction of sp³-hybridized carbons (Fsp3) is 0.312. The molecule has 1 aliphatic rings. The van der Waals surface area contributed by atoms with Crippen LogP contribution in [0.2, 0.25) is 0 Å². The molecule has 1 aromatic carbocycles. The highest BCUT2D eigenvalue weighted by Crippen LogP contribution is 2.23. The molecule has 0 bridgehead atoms. The lowest BCUT2D eigenvalue weighted by atomic mass is 10.3. The van der Waals surface area contributed by atoms with Crippen LogP contribution in [0.1, 0.15) is 12.0 Å². The molecule has 0 spiro atoms. The number of ether oxygens (including phenoxy) is 1. The van der Waals surface area contributed by atoms with Gasteiger partial charge in [-0.15, -0.1) is 0 Å². The van der Waals surface area contributed by atoms with Crippen LogP contribution in [0.5, 0.6) is 0 Å². The molecule has 7 heteroatoms. The number of rotatable bonds is 5. The van der Waals surface area contributed by atoms with Crippen LogP contribution >= 0.6 is 0 Å². The molecule has 0 saturated carbocycles. The minimum atomic E-state index is -3.67. The van der Waals surface area contributed by atoms with Gasteiger partial charge in [-0.1, -0.05) is 6.07 Å². The van der Waals surface area contributed by atoms with E-state index in [1.165, 1.54) is 22.5 Å². The van der Waals surface area contributed by atoms with Gasteiger partial charge in [-0.3, -0.25) is 4.98 Å². The Labute approximate surface area is 134 Å². The topological polar surface area (TPSA) is 59.5 Å². The van der Waals surface area contributed by atoms with Crippen LogP contribution in [0.15, 0.2) is 53.7 Å². The molecular formula is C16H17FN2O3S. The summed E-state index contributed by atoms with van der Waals surface area (Å²) in [6.45, 7) is 1.07. The molecule has 5 nitrogen and oxygen atoms in total. The summed E-state index contributed by atoms with van der Waals surface area (Å²) in [5.74, 6) is -0.559. The average molecular weight is 336 g/mol. The predicted octanol–water partition coefficient (Wildman–Crippen LogP) is 2.20.